The zero-order valence-electron chi connectivity index (χ0n) is 14.9. The molecule has 2 amide bonds. The van der Waals surface area contributed by atoms with Crippen molar-refractivity contribution < 1.29 is 9.53 Å². The van der Waals surface area contributed by atoms with E-state index in [2.05, 4.69) is 15.5 Å². The molecule has 0 bridgehead atoms. The summed E-state index contributed by atoms with van der Waals surface area (Å²) in [7, 11) is 1.66. The number of benzene rings is 1. The van der Waals surface area contributed by atoms with Crippen molar-refractivity contribution in [3.05, 3.63) is 46.8 Å². The standard InChI is InChI=1S/C19H20N4O2S2/c1-25-15-6-3-2-5-14(15)18-22-21-17(27-18)13-8-10-23(11-9-13)19(24)20-16-7-4-12-26-16/h2-7,12-13H,8-11H2,1H3,(H,20,24). The highest BCUT2D eigenvalue weighted by atomic mass is 32.1. The predicted molar refractivity (Wildman–Crippen MR) is 109 cm³/mol. The molecule has 0 saturated carbocycles. The van der Waals surface area contributed by atoms with Crippen LogP contribution in [0.1, 0.15) is 23.8 Å². The lowest BCUT2D eigenvalue weighted by Crippen LogP contribution is -2.40. The molecule has 1 aromatic carbocycles. The lowest BCUT2D eigenvalue weighted by molar-refractivity contribution is 0.194. The molecule has 1 fully saturated rings. The maximum Gasteiger partial charge on any atom is 0.322 e. The molecule has 0 aliphatic carbocycles. The smallest absolute Gasteiger partial charge is 0.322 e. The summed E-state index contributed by atoms with van der Waals surface area (Å²) >= 11 is 3.15. The van der Waals surface area contributed by atoms with Gasteiger partial charge in [0, 0.05) is 19.0 Å². The summed E-state index contributed by atoms with van der Waals surface area (Å²) in [6.07, 6.45) is 1.80. The minimum absolute atomic E-state index is 0.0251. The molecule has 0 spiro atoms. The Labute approximate surface area is 165 Å². The van der Waals surface area contributed by atoms with E-state index in [4.69, 9.17) is 4.74 Å². The SMILES string of the molecule is COc1ccccc1-c1nnc(C2CCN(C(=O)Nc3cccs3)CC2)s1. The number of methoxy groups -OCH3 is 1. The highest BCUT2D eigenvalue weighted by Crippen LogP contribution is 2.36. The summed E-state index contributed by atoms with van der Waals surface area (Å²) in [5.74, 6) is 1.15. The van der Waals surface area contributed by atoms with Crippen molar-refractivity contribution >= 4 is 33.7 Å². The molecule has 6 nitrogen and oxygen atoms in total. The number of carbonyl (C=O) groups excluding carboxylic acids is 1. The summed E-state index contributed by atoms with van der Waals surface area (Å²) in [4.78, 5) is 14.2. The van der Waals surface area contributed by atoms with Crippen LogP contribution in [0.5, 0.6) is 5.75 Å². The van der Waals surface area contributed by atoms with E-state index in [1.165, 1.54) is 11.3 Å². The number of hydrogen-bond acceptors (Lipinski definition) is 6. The number of ether oxygens (including phenoxy) is 1. The second kappa shape index (κ2) is 8.06. The van der Waals surface area contributed by atoms with Gasteiger partial charge in [-0.05, 0) is 42.5 Å². The van der Waals surface area contributed by atoms with Crippen LogP contribution in [0.4, 0.5) is 9.80 Å². The van der Waals surface area contributed by atoms with Crippen molar-refractivity contribution in [2.24, 2.45) is 0 Å². The molecular formula is C19H20N4O2S2. The van der Waals surface area contributed by atoms with Gasteiger partial charge in [0.05, 0.1) is 17.7 Å². The van der Waals surface area contributed by atoms with Gasteiger partial charge >= 0.3 is 6.03 Å². The molecular weight excluding hydrogens is 380 g/mol. The number of hydrogen-bond donors (Lipinski definition) is 1. The van der Waals surface area contributed by atoms with Crippen LogP contribution < -0.4 is 10.1 Å². The quantitative estimate of drug-likeness (QED) is 0.690. The number of aromatic nitrogens is 2. The Morgan fingerprint density at radius 2 is 2.00 bits per heavy atom. The highest BCUT2D eigenvalue weighted by Gasteiger charge is 2.26. The van der Waals surface area contributed by atoms with Crippen LogP contribution in [0.2, 0.25) is 0 Å². The summed E-state index contributed by atoms with van der Waals surface area (Å²) in [6, 6.07) is 11.7. The number of rotatable bonds is 4. The first-order valence-electron chi connectivity index (χ1n) is 8.81. The molecule has 3 aromatic rings. The van der Waals surface area contributed by atoms with Gasteiger partial charge in [0.25, 0.3) is 0 Å². The van der Waals surface area contributed by atoms with Crippen LogP contribution in [0, 0.1) is 0 Å². The Hall–Kier alpha value is -2.45. The molecule has 1 saturated heterocycles. The van der Waals surface area contributed by atoms with E-state index in [1.807, 2.05) is 46.7 Å². The third-order valence-electron chi connectivity index (χ3n) is 4.66. The molecule has 140 valence electrons. The minimum atomic E-state index is -0.0251. The highest BCUT2D eigenvalue weighted by molar-refractivity contribution is 7.14. The van der Waals surface area contributed by atoms with Gasteiger partial charge in [-0.3, -0.25) is 5.32 Å². The number of urea groups is 1. The lowest BCUT2D eigenvalue weighted by Gasteiger charge is -2.30. The average molecular weight is 401 g/mol. The van der Waals surface area contributed by atoms with Crippen molar-refractivity contribution in [3.63, 3.8) is 0 Å². The maximum absolute atomic E-state index is 12.4. The molecule has 2 aromatic heterocycles. The van der Waals surface area contributed by atoms with Crippen molar-refractivity contribution in [1.82, 2.24) is 15.1 Å². The van der Waals surface area contributed by atoms with Gasteiger partial charge in [-0.15, -0.1) is 21.5 Å². The van der Waals surface area contributed by atoms with Gasteiger partial charge in [0.15, 0.2) is 5.01 Å². The normalized spacial score (nSPS) is 14.9. The molecule has 0 atom stereocenters. The molecule has 0 radical (unpaired) electrons. The number of thiophene rings is 1. The van der Waals surface area contributed by atoms with Gasteiger partial charge < -0.3 is 9.64 Å². The second-order valence-corrected chi connectivity index (χ2v) is 8.27. The number of piperidine rings is 1. The number of para-hydroxylation sites is 1. The van der Waals surface area contributed by atoms with Crippen molar-refractivity contribution in [2.75, 3.05) is 25.5 Å². The van der Waals surface area contributed by atoms with E-state index in [9.17, 15) is 4.79 Å². The van der Waals surface area contributed by atoms with Gasteiger partial charge in [0.1, 0.15) is 10.8 Å². The van der Waals surface area contributed by atoms with Gasteiger partial charge in [0.2, 0.25) is 0 Å². The second-order valence-electron chi connectivity index (χ2n) is 6.31. The Morgan fingerprint density at radius 1 is 1.19 bits per heavy atom. The van der Waals surface area contributed by atoms with Crippen LogP contribution in [-0.4, -0.2) is 41.3 Å². The number of carbonyl (C=O) groups is 1. The Morgan fingerprint density at radius 3 is 2.74 bits per heavy atom. The Balaban J connectivity index is 1.39. The molecule has 27 heavy (non-hydrogen) atoms. The van der Waals surface area contributed by atoms with Gasteiger partial charge in [-0.2, -0.15) is 0 Å². The molecule has 1 aliphatic rings. The minimum Gasteiger partial charge on any atom is -0.496 e. The molecule has 8 heteroatoms. The van der Waals surface area contributed by atoms with E-state index >= 15 is 0 Å². The fraction of sp³-hybridized carbons (Fsp3) is 0.316. The number of likely N-dealkylation sites (tertiary alicyclic amines) is 1. The zero-order chi connectivity index (χ0) is 18.6. The lowest BCUT2D eigenvalue weighted by atomic mass is 9.98. The summed E-state index contributed by atoms with van der Waals surface area (Å²) in [5, 5.41) is 16.5. The Kier molecular flexibility index (Phi) is 5.35. The summed E-state index contributed by atoms with van der Waals surface area (Å²) < 4.78 is 5.43. The van der Waals surface area contributed by atoms with Crippen LogP contribution in [0.25, 0.3) is 10.6 Å². The Bertz CT molecular complexity index is 902. The van der Waals surface area contributed by atoms with E-state index in [0.717, 1.165) is 52.3 Å². The van der Waals surface area contributed by atoms with Gasteiger partial charge in [-0.25, -0.2) is 4.79 Å². The number of nitrogens with one attached hydrogen (secondary N) is 1. The van der Waals surface area contributed by atoms with Crippen LogP contribution >= 0.6 is 22.7 Å². The van der Waals surface area contributed by atoms with Crippen molar-refractivity contribution in [3.8, 4) is 16.3 Å². The molecule has 3 heterocycles. The third-order valence-corrected chi connectivity index (χ3v) is 6.57. The first-order chi connectivity index (χ1) is 13.2. The van der Waals surface area contributed by atoms with Crippen molar-refractivity contribution in [2.45, 2.75) is 18.8 Å². The fourth-order valence-corrected chi connectivity index (χ4v) is 4.84. The number of nitrogens with zero attached hydrogens (tertiary/aromatic N) is 3. The zero-order valence-corrected chi connectivity index (χ0v) is 16.6. The molecule has 1 aliphatic heterocycles. The van der Waals surface area contributed by atoms with E-state index in [0.29, 0.717) is 5.92 Å². The third kappa shape index (κ3) is 3.96. The maximum atomic E-state index is 12.4. The predicted octanol–water partition coefficient (Wildman–Crippen LogP) is 4.69. The number of anilines is 1. The first-order valence-corrected chi connectivity index (χ1v) is 10.5. The molecule has 1 N–H and O–H groups in total. The largest absolute Gasteiger partial charge is 0.496 e. The number of amides is 2. The molecule has 0 unspecified atom stereocenters. The van der Waals surface area contributed by atoms with E-state index < -0.39 is 0 Å². The average Bonchev–Trinajstić information content (AvgIpc) is 3.40. The summed E-state index contributed by atoms with van der Waals surface area (Å²) in [6.45, 7) is 1.46. The van der Waals surface area contributed by atoms with E-state index in [1.54, 1.807) is 18.4 Å². The van der Waals surface area contributed by atoms with Gasteiger partial charge in [-0.1, -0.05) is 23.5 Å². The van der Waals surface area contributed by atoms with Crippen molar-refractivity contribution in [1.29, 1.82) is 0 Å². The fourth-order valence-electron chi connectivity index (χ4n) is 3.19. The summed E-state index contributed by atoms with van der Waals surface area (Å²) in [5.41, 5.74) is 0.969. The first kappa shape index (κ1) is 17.9. The van der Waals surface area contributed by atoms with Crippen LogP contribution in [0.15, 0.2) is 41.8 Å². The monoisotopic (exact) mass is 400 g/mol. The topological polar surface area (TPSA) is 67.4 Å². The molecule has 4 rings (SSSR count). The van der Waals surface area contributed by atoms with Crippen LogP contribution in [-0.2, 0) is 0 Å². The van der Waals surface area contributed by atoms with E-state index in [-0.39, 0.29) is 6.03 Å². The van der Waals surface area contributed by atoms with Crippen LogP contribution in [0.3, 0.4) is 0 Å².